The molecule has 0 spiro atoms. The molecule has 2 rings (SSSR count). The van der Waals surface area contributed by atoms with Crippen molar-refractivity contribution in [2.45, 2.75) is 19.4 Å². The molecule has 1 N–H and O–H groups in total. The Morgan fingerprint density at radius 3 is 2.93 bits per heavy atom. The Bertz CT molecular complexity index is 337. The summed E-state index contributed by atoms with van der Waals surface area (Å²) in [4.78, 5) is 4.02. The zero-order chi connectivity index (χ0) is 10.7. The standard InChI is InChI=1S/C11H15NO3/c1-14-11-9(6-13)12-5-4-10(11)15-7-8-2-3-8/h4-5,8,13H,2-3,6-7H2,1H3. The fourth-order valence-electron chi connectivity index (χ4n) is 1.41. The first-order chi connectivity index (χ1) is 7.35. The summed E-state index contributed by atoms with van der Waals surface area (Å²) in [6.45, 7) is 0.592. The van der Waals surface area contributed by atoms with E-state index >= 15 is 0 Å². The molecule has 0 amide bonds. The van der Waals surface area contributed by atoms with E-state index in [1.807, 2.05) is 0 Å². The quantitative estimate of drug-likeness (QED) is 0.795. The average Bonchev–Trinajstić information content (AvgIpc) is 3.09. The lowest BCUT2D eigenvalue weighted by Crippen LogP contribution is -2.03. The van der Waals surface area contributed by atoms with Crippen molar-refractivity contribution in [1.82, 2.24) is 4.98 Å². The van der Waals surface area contributed by atoms with Crippen molar-refractivity contribution in [2.75, 3.05) is 13.7 Å². The van der Waals surface area contributed by atoms with Crippen LogP contribution in [0, 0.1) is 5.92 Å². The highest BCUT2D eigenvalue weighted by molar-refractivity contribution is 5.42. The first-order valence-corrected chi connectivity index (χ1v) is 5.10. The summed E-state index contributed by atoms with van der Waals surface area (Å²) in [6.07, 6.45) is 4.12. The van der Waals surface area contributed by atoms with Crippen LogP contribution in [-0.2, 0) is 6.61 Å². The molecular weight excluding hydrogens is 194 g/mol. The molecule has 0 saturated heterocycles. The summed E-state index contributed by atoms with van der Waals surface area (Å²) >= 11 is 0. The van der Waals surface area contributed by atoms with Crippen molar-refractivity contribution in [2.24, 2.45) is 5.92 Å². The van der Waals surface area contributed by atoms with Gasteiger partial charge in [-0.1, -0.05) is 0 Å². The summed E-state index contributed by atoms with van der Waals surface area (Å²) < 4.78 is 10.8. The van der Waals surface area contributed by atoms with Crippen molar-refractivity contribution in [3.05, 3.63) is 18.0 Å². The molecule has 0 radical (unpaired) electrons. The molecule has 0 aliphatic heterocycles. The van der Waals surface area contributed by atoms with Crippen molar-refractivity contribution >= 4 is 0 Å². The second-order valence-corrected chi connectivity index (χ2v) is 3.70. The molecule has 1 saturated carbocycles. The molecule has 82 valence electrons. The Labute approximate surface area is 88.9 Å². The number of pyridine rings is 1. The van der Waals surface area contributed by atoms with Gasteiger partial charge in [0.15, 0.2) is 11.5 Å². The summed E-state index contributed by atoms with van der Waals surface area (Å²) in [5.74, 6) is 1.91. The highest BCUT2D eigenvalue weighted by Gasteiger charge is 2.23. The van der Waals surface area contributed by atoms with Gasteiger partial charge in [-0.25, -0.2) is 0 Å². The lowest BCUT2D eigenvalue weighted by molar-refractivity contribution is 0.253. The number of hydrogen-bond acceptors (Lipinski definition) is 4. The fourth-order valence-corrected chi connectivity index (χ4v) is 1.41. The van der Waals surface area contributed by atoms with E-state index in [9.17, 15) is 0 Å². The molecule has 1 fully saturated rings. The molecule has 0 unspecified atom stereocenters. The minimum atomic E-state index is -0.135. The topological polar surface area (TPSA) is 51.6 Å². The monoisotopic (exact) mass is 209 g/mol. The lowest BCUT2D eigenvalue weighted by Gasteiger charge is -2.12. The summed E-state index contributed by atoms with van der Waals surface area (Å²) in [5, 5.41) is 9.07. The normalized spacial score (nSPS) is 15.1. The minimum absolute atomic E-state index is 0.135. The van der Waals surface area contributed by atoms with Gasteiger partial charge in [0.1, 0.15) is 5.69 Å². The molecule has 15 heavy (non-hydrogen) atoms. The minimum Gasteiger partial charge on any atom is -0.491 e. The number of aliphatic hydroxyl groups excluding tert-OH is 1. The van der Waals surface area contributed by atoms with E-state index in [1.165, 1.54) is 12.8 Å². The number of aliphatic hydroxyl groups is 1. The van der Waals surface area contributed by atoms with E-state index in [0.717, 1.165) is 6.61 Å². The largest absolute Gasteiger partial charge is 0.491 e. The van der Waals surface area contributed by atoms with Crippen molar-refractivity contribution in [3.8, 4) is 11.5 Å². The summed E-state index contributed by atoms with van der Waals surface area (Å²) in [5.41, 5.74) is 0.519. The molecule has 1 aromatic heterocycles. The van der Waals surface area contributed by atoms with Gasteiger partial charge in [0, 0.05) is 12.3 Å². The van der Waals surface area contributed by atoms with E-state index in [2.05, 4.69) is 4.98 Å². The molecule has 0 bridgehead atoms. The van der Waals surface area contributed by atoms with Crippen LogP contribution in [0.5, 0.6) is 11.5 Å². The maximum atomic E-state index is 9.07. The van der Waals surface area contributed by atoms with Crippen LogP contribution < -0.4 is 9.47 Å². The molecular formula is C11H15NO3. The van der Waals surface area contributed by atoms with Gasteiger partial charge < -0.3 is 14.6 Å². The van der Waals surface area contributed by atoms with Crippen LogP contribution in [0.25, 0.3) is 0 Å². The van der Waals surface area contributed by atoms with Gasteiger partial charge in [-0.3, -0.25) is 4.98 Å². The zero-order valence-corrected chi connectivity index (χ0v) is 8.77. The Morgan fingerprint density at radius 2 is 2.33 bits per heavy atom. The van der Waals surface area contributed by atoms with Crippen LogP contribution in [0.15, 0.2) is 12.3 Å². The molecule has 4 heteroatoms. The highest BCUT2D eigenvalue weighted by atomic mass is 16.5. The van der Waals surface area contributed by atoms with Gasteiger partial charge in [0.05, 0.1) is 20.3 Å². The fraction of sp³-hybridized carbons (Fsp3) is 0.545. The van der Waals surface area contributed by atoms with Crippen LogP contribution in [0.3, 0.4) is 0 Å². The Kier molecular flexibility index (Phi) is 3.06. The first-order valence-electron chi connectivity index (χ1n) is 5.10. The van der Waals surface area contributed by atoms with E-state index < -0.39 is 0 Å². The summed E-state index contributed by atoms with van der Waals surface area (Å²) in [7, 11) is 1.56. The predicted octanol–water partition coefficient (Wildman–Crippen LogP) is 1.37. The third-order valence-corrected chi connectivity index (χ3v) is 2.47. The van der Waals surface area contributed by atoms with Crippen molar-refractivity contribution in [1.29, 1.82) is 0 Å². The Morgan fingerprint density at radius 1 is 1.53 bits per heavy atom. The number of ether oxygens (including phenoxy) is 2. The molecule has 1 aliphatic carbocycles. The van der Waals surface area contributed by atoms with Crippen molar-refractivity contribution < 1.29 is 14.6 Å². The smallest absolute Gasteiger partial charge is 0.184 e. The van der Waals surface area contributed by atoms with Crippen LogP contribution in [-0.4, -0.2) is 23.8 Å². The number of aromatic nitrogens is 1. The van der Waals surface area contributed by atoms with Crippen LogP contribution in [0.1, 0.15) is 18.5 Å². The van der Waals surface area contributed by atoms with Crippen LogP contribution >= 0.6 is 0 Å². The number of nitrogens with zero attached hydrogens (tertiary/aromatic N) is 1. The Balaban J connectivity index is 2.12. The predicted molar refractivity (Wildman–Crippen MR) is 54.9 cm³/mol. The van der Waals surface area contributed by atoms with Gasteiger partial charge in [0.2, 0.25) is 0 Å². The van der Waals surface area contributed by atoms with E-state index in [-0.39, 0.29) is 6.61 Å². The van der Waals surface area contributed by atoms with E-state index in [1.54, 1.807) is 19.4 Å². The lowest BCUT2D eigenvalue weighted by atomic mass is 10.3. The number of rotatable bonds is 5. The number of hydrogen-bond donors (Lipinski definition) is 1. The number of methoxy groups -OCH3 is 1. The second kappa shape index (κ2) is 4.49. The van der Waals surface area contributed by atoms with E-state index in [0.29, 0.717) is 23.1 Å². The van der Waals surface area contributed by atoms with Gasteiger partial charge in [-0.2, -0.15) is 0 Å². The molecule has 1 aliphatic rings. The average molecular weight is 209 g/mol. The second-order valence-electron chi connectivity index (χ2n) is 3.70. The third kappa shape index (κ3) is 2.39. The first kappa shape index (κ1) is 10.2. The Hall–Kier alpha value is -1.29. The van der Waals surface area contributed by atoms with Crippen LogP contribution in [0.4, 0.5) is 0 Å². The van der Waals surface area contributed by atoms with E-state index in [4.69, 9.17) is 14.6 Å². The van der Waals surface area contributed by atoms with Crippen molar-refractivity contribution in [3.63, 3.8) is 0 Å². The third-order valence-electron chi connectivity index (χ3n) is 2.47. The van der Waals surface area contributed by atoms with Gasteiger partial charge in [-0.15, -0.1) is 0 Å². The van der Waals surface area contributed by atoms with Gasteiger partial charge >= 0.3 is 0 Å². The molecule has 1 heterocycles. The van der Waals surface area contributed by atoms with Crippen LogP contribution in [0.2, 0.25) is 0 Å². The highest BCUT2D eigenvalue weighted by Crippen LogP contribution is 2.33. The molecule has 4 nitrogen and oxygen atoms in total. The molecule has 1 aromatic rings. The SMILES string of the molecule is COc1c(OCC2CC2)ccnc1CO. The van der Waals surface area contributed by atoms with Gasteiger partial charge in [-0.05, 0) is 18.8 Å². The maximum Gasteiger partial charge on any atom is 0.184 e. The molecule has 0 aromatic carbocycles. The van der Waals surface area contributed by atoms with Gasteiger partial charge in [0.25, 0.3) is 0 Å². The summed E-state index contributed by atoms with van der Waals surface area (Å²) in [6, 6.07) is 1.76. The maximum absolute atomic E-state index is 9.07. The molecule has 0 atom stereocenters. The zero-order valence-electron chi connectivity index (χ0n) is 8.77.